The van der Waals surface area contributed by atoms with Gasteiger partial charge in [-0.05, 0) is 49.4 Å². The first-order valence-electron chi connectivity index (χ1n) is 7.57. The van der Waals surface area contributed by atoms with Crippen LogP contribution in [0.15, 0.2) is 24.3 Å². The van der Waals surface area contributed by atoms with Crippen LogP contribution in [0.2, 0.25) is 0 Å². The molecule has 3 rings (SSSR count). The standard InChI is InChI=1S/C18H20O5/c1-11-14(19)7-6-12(18(11)20)4-3-5-13-8-16-17(23-10-22-16)9-15(13)21-2/h6-9,19-20H,3-5,10H2,1-2H3. The summed E-state index contributed by atoms with van der Waals surface area (Å²) in [5.74, 6) is 2.51. The highest BCUT2D eigenvalue weighted by Crippen LogP contribution is 2.38. The van der Waals surface area contributed by atoms with E-state index in [2.05, 4.69) is 0 Å². The van der Waals surface area contributed by atoms with Crippen molar-refractivity contribution in [2.75, 3.05) is 13.9 Å². The van der Waals surface area contributed by atoms with Gasteiger partial charge in [0.1, 0.15) is 17.2 Å². The Balaban J connectivity index is 1.71. The van der Waals surface area contributed by atoms with Crippen molar-refractivity contribution in [3.63, 3.8) is 0 Å². The zero-order valence-corrected chi connectivity index (χ0v) is 13.3. The molecule has 0 saturated heterocycles. The summed E-state index contributed by atoms with van der Waals surface area (Å²) in [6.07, 6.45) is 2.34. The van der Waals surface area contributed by atoms with Gasteiger partial charge in [-0.3, -0.25) is 0 Å². The maximum atomic E-state index is 10.1. The molecule has 1 aliphatic rings. The van der Waals surface area contributed by atoms with E-state index < -0.39 is 0 Å². The Morgan fingerprint density at radius 1 is 1.04 bits per heavy atom. The number of fused-ring (bicyclic) bond motifs is 1. The Labute approximate surface area is 135 Å². The zero-order valence-electron chi connectivity index (χ0n) is 13.3. The largest absolute Gasteiger partial charge is 0.508 e. The molecule has 122 valence electrons. The van der Waals surface area contributed by atoms with E-state index in [9.17, 15) is 10.2 Å². The van der Waals surface area contributed by atoms with Crippen molar-refractivity contribution in [1.82, 2.24) is 0 Å². The predicted octanol–water partition coefficient (Wildman–Crippen LogP) is 3.32. The highest BCUT2D eigenvalue weighted by Gasteiger charge is 2.17. The first kappa shape index (κ1) is 15.3. The van der Waals surface area contributed by atoms with Gasteiger partial charge in [0, 0.05) is 11.6 Å². The SMILES string of the molecule is COc1cc2c(cc1CCCc1ccc(O)c(C)c1O)OCO2. The van der Waals surface area contributed by atoms with E-state index in [-0.39, 0.29) is 18.3 Å². The maximum absolute atomic E-state index is 10.1. The van der Waals surface area contributed by atoms with Crippen molar-refractivity contribution < 1.29 is 24.4 Å². The third-order valence-electron chi connectivity index (χ3n) is 4.15. The molecule has 0 unspecified atom stereocenters. The number of phenolic OH excluding ortho intramolecular Hbond substituents is 2. The molecule has 1 aliphatic heterocycles. The first-order valence-corrected chi connectivity index (χ1v) is 7.57. The van der Waals surface area contributed by atoms with Gasteiger partial charge in [-0.15, -0.1) is 0 Å². The lowest BCUT2D eigenvalue weighted by Crippen LogP contribution is -1.96. The van der Waals surface area contributed by atoms with Crippen LogP contribution < -0.4 is 14.2 Å². The van der Waals surface area contributed by atoms with E-state index in [1.165, 1.54) is 0 Å². The number of phenols is 2. The lowest BCUT2D eigenvalue weighted by Gasteiger charge is -2.11. The second-order valence-electron chi connectivity index (χ2n) is 5.59. The molecule has 5 heteroatoms. The third kappa shape index (κ3) is 2.99. The minimum Gasteiger partial charge on any atom is -0.508 e. The van der Waals surface area contributed by atoms with Gasteiger partial charge in [0.05, 0.1) is 7.11 Å². The molecule has 0 bridgehead atoms. The van der Waals surface area contributed by atoms with Crippen LogP contribution in [0, 0.1) is 6.92 Å². The van der Waals surface area contributed by atoms with Gasteiger partial charge < -0.3 is 24.4 Å². The average molecular weight is 316 g/mol. The second-order valence-corrected chi connectivity index (χ2v) is 5.59. The van der Waals surface area contributed by atoms with Crippen LogP contribution in [0.3, 0.4) is 0 Å². The number of rotatable bonds is 5. The summed E-state index contributed by atoms with van der Waals surface area (Å²) >= 11 is 0. The van der Waals surface area contributed by atoms with Gasteiger partial charge >= 0.3 is 0 Å². The van der Waals surface area contributed by atoms with Crippen LogP contribution in [-0.4, -0.2) is 24.1 Å². The van der Waals surface area contributed by atoms with Crippen LogP contribution in [0.5, 0.6) is 28.7 Å². The molecule has 0 amide bonds. The van der Waals surface area contributed by atoms with Gasteiger partial charge in [0.15, 0.2) is 11.5 Å². The molecule has 0 aliphatic carbocycles. The molecule has 1 heterocycles. The van der Waals surface area contributed by atoms with E-state index in [0.717, 1.165) is 35.5 Å². The molecule has 2 N–H and O–H groups in total. The van der Waals surface area contributed by atoms with E-state index in [1.807, 2.05) is 12.1 Å². The van der Waals surface area contributed by atoms with Crippen molar-refractivity contribution in [2.24, 2.45) is 0 Å². The Hall–Kier alpha value is -2.56. The van der Waals surface area contributed by atoms with Crippen LogP contribution in [0.25, 0.3) is 0 Å². The van der Waals surface area contributed by atoms with Crippen LogP contribution in [-0.2, 0) is 12.8 Å². The molecule has 0 radical (unpaired) electrons. The number of ether oxygens (including phenoxy) is 3. The summed E-state index contributed by atoms with van der Waals surface area (Å²) < 4.78 is 16.2. The molecule has 0 spiro atoms. The summed E-state index contributed by atoms with van der Waals surface area (Å²) in [7, 11) is 1.64. The minimum atomic E-state index is 0.115. The highest BCUT2D eigenvalue weighted by atomic mass is 16.7. The van der Waals surface area contributed by atoms with E-state index in [0.29, 0.717) is 17.7 Å². The van der Waals surface area contributed by atoms with Crippen molar-refractivity contribution in [2.45, 2.75) is 26.2 Å². The molecule has 0 atom stereocenters. The quantitative estimate of drug-likeness (QED) is 0.885. The number of benzene rings is 2. The van der Waals surface area contributed by atoms with Gasteiger partial charge in [-0.25, -0.2) is 0 Å². The average Bonchev–Trinajstić information content (AvgIpc) is 3.01. The second kappa shape index (κ2) is 6.28. The number of hydrogen-bond donors (Lipinski definition) is 2. The third-order valence-corrected chi connectivity index (χ3v) is 4.15. The molecule has 0 fully saturated rings. The fraction of sp³-hybridized carbons (Fsp3) is 0.333. The van der Waals surface area contributed by atoms with Crippen molar-refractivity contribution in [3.05, 3.63) is 41.0 Å². The molecular formula is C18H20O5. The molecule has 2 aromatic carbocycles. The lowest BCUT2D eigenvalue weighted by molar-refractivity contribution is 0.174. The number of hydrogen-bond acceptors (Lipinski definition) is 5. The van der Waals surface area contributed by atoms with E-state index in [4.69, 9.17) is 14.2 Å². The Kier molecular flexibility index (Phi) is 4.19. The van der Waals surface area contributed by atoms with Crippen LogP contribution >= 0.6 is 0 Å². The van der Waals surface area contributed by atoms with Gasteiger partial charge in [-0.2, -0.15) is 0 Å². The van der Waals surface area contributed by atoms with Crippen molar-refractivity contribution >= 4 is 0 Å². The predicted molar refractivity (Wildman–Crippen MR) is 85.7 cm³/mol. The molecule has 0 saturated carbocycles. The Bertz CT molecular complexity index is 724. The monoisotopic (exact) mass is 316 g/mol. The Morgan fingerprint density at radius 2 is 1.74 bits per heavy atom. The summed E-state index contributed by atoms with van der Waals surface area (Å²) in [5, 5.41) is 19.7. The van der Waals surface area contributed by atoms with Gasteiger partial charge in [0.2, 0.25) is 6.79 Å². The molecule has 5 nitrogen and oxygen atoms in total. The summed E-state index contributed by atoms with van der Waals surface area (Å²) in [6, 6.07) is 7.17. The zero-order chi connectivity index (χ0) is 16.4. The van der Waals surface area contributed by atoms with Crippen molar-refractivity contribution in [1.29, 1.82) is 0 Å². The summed E-state index contributed by atoms with van der Waals surface area (Å²) in [4.78, 5) is 0. The van der Waals surface area contributed by atoms with Crippen molar-refractivity contribution in [3.8, 4) is 28.7 Å². The fourth-order valence-corrected chi connectivity index (χ4v) is 2.77. The van der Waals surface area contributed by atoms with Crippen LogP contribution in [0.1, 0.15) is 23.1 Å². The minimum absolute atomic E-state index is 0.115. The van der Waals surface area contributed by atoms with E-state index in [1.54, 1.807) is 26.2 Å². The summed E-state index contributed by atoms with van der Waals surface area (Å²) in [5.41, 5.74) is 2.40. The van der Waals surface area contributed by atoms with Gasteiger partial charge in [0.25, 0.3) is 0 Å². The highest BCUT2D eigenvalue weighted by molar-refractivity contribution is 5.52. The first-order chi connectivity index (χ1) is 11.1. The van der Waals surface area contributed by atoms with Crippen LogP contribution in [0.4, 0.5) is 0 Å². The van der Waals surface area contributed by atoms with E-state index >= 15 is 0 Å². The molecule has 0 aromatic heterocycles. The maximum Gasteiger partial charge on any atom is 0.231 e. The molecule has 2 aromatic rings. The summed E-state index contributed by atoms with van der Waals surface area (Å²) in [6.45, 7) is 1.94. The normalized spacial score (nSPS) is 12.4. The number of aromatic hydroxyl groups is 2. The smallest absolute Gasteiger partial charge is 0.231 e. The number of methoxy groups -OCH3 is 1. The number of aryl methyl sites for hydroxylation is 2. The molecular weight excluding hydrogens is 296 g/mol. The lowest BCUT2D eigenvalue weighted by atomic mass is 10.0. The molecule has 23 heavy (non-hydrogen) atoms. The van der Waals surface area contributed by atoms with Gasteiger partial charge in [-0.1, -0.05) is 6.07 Å². The Morgan fingerprint density at radius 3 is 2.48 bits per heavy atom. The fourth-order valence-electron chi connectivity index (χ4n) is 2.77. The topological polar surface area (TPSA) is 68.2 Å².